The van der Waals surface area contributed by atoms with Crippen LogP contribution in [0.15, 0.2) is 24.3 Å². The van der Waals surface area contributed by atoms with Gasteiger partial charge >= 0.3 is 0 Å². The minimum atomic E-state index is -0.290. The molecule has 0 aliphatic carbocycles. The lowest BCUT2D eigenvalue weighted by atomic mass is 10.0. The smallest absolute Gasteiger partial charge is 0.274 e. The summed E-state index contributed by atoms with van der Waals surface area (Å²) in [7, 11) is 0. The first-order valence-corrected chi connectivity index (χ1v) is 8.66. The Morgan fingerprint density at radius 1 is 1.39 bits per heavy atom. The number of benzene rings is 1. The van der Waals surface area contributed by atoms with Crippen molar-refractivity contribution in [3.8, 4) is 10.4 Å². The Labute approximate surface area is 139 Å². The van der Waals surface area contributed by atoms with E-state index >= 15 is 0 Å². The number of piperidine rings is 1. The maximum atomic E-state index is 13.2. The molecular formula is C17H20FN3OS. The molecule has 1 atom stereocenters. The van der Waals surface area contributed by atoms with Crippen molar-refractivity contribution >= 4 is 17.2 Å². The summed E-state index contributed by atoms with van der Waals surface area (Å²) in [6.45, 7) is 3.08. The molecular weight excluding hydrogens is 313 g/mol. The van der Waals surface area contributed by atoms with E-state index in [4.69, 9.17) is 5.73 Å². The van der Waals surface area contributed by atoms with Crippen molar-refractivity contribution in [1.29, 1.82) is 0 Å². The predicted octanol–water partition coefficient (Wildman–Crippen LogP) is 3.21. The molecule has 6 heteroatoms. The fourth-order valence-electron chi connectivity index (χ4n) is 3.02. The molecule has 1 aliphatic heterocycles. The van der Waals surface area contributed by atoms with Gasteiger partial charge in [0.05, 0.1) is 9.88 Å². The average Bonchev–Trinajstić information content (AvgIpc) is 2.96. The molecule has 0 unspecified atom stereocenters. The van der Waals surface area contributed by atoms with Gasteiger partial charge in [-0.1, -0.05) is 12.1 Å². The lowest BCUT2D eigenvalue weighted by molar-refractivity contribution is 0.0618. The number of nitrogens with zero attached hydrogens (tertiary/aromatic N) is 2. The first-order valence-electron chi connectivity index (χ1n) is 7.84. The van der Waals surface area contributed by atoms with Crippen LogP contribution in [0.2, 0.25) is 0 Å². The van der Waals surface area contributed by atoms with Crippen LogP contribution in [-0.4, -0.2) is 34.9 Å². The van der Waals surface area contributed by atoms with Gasteiger partial charge in [-0.2, -0.15) is 0 Å². The van der Waals surface area contributed by atoms with Crippen LogP contribution < -0.4 is 5.73 Å². The molecule has 122 valence electrons. The molecule has 1 fully saturated rings. The van der Waals surface area contributed by atoms with Gasteiger partial charge in [0.1, 0.15) is 11.5 Å². The first-order chi connectivity index (χ1) is 11.1. The van der Waals surface area contributed by atoms with Crippen molar-refractivity contribution in [2.45, 2.75) is 32.2 Å². The second-order valence-electron chi connectivity index (χ2n) is 5.80. The first kappa shape index (κ1) is 16.1. The van der Waals surface area contributed by atoms with Crippen LogP contribution in [0.5, 0.6) is 0 Å². The van der Waals surface area contributed by atoms with Gasteiger partial charge in [0, 0.05) is 19.1 Å². The van der Waals surface area contributed by atoms with Crippen molar-refractivity contribution in [3.63, 3.8) is 0 Å². The van der Waals surface area contributed by atoms with E-state index in [0.717, 1.165) is 41.3 Å². The van der Waals surface area contributed by atoms with Crippen molar-refractivity contribution in [1.82, 2.24) is 9.88 Å². The molecule has 2 aromatic rings. The molecule has 1 amide bonds. The molecule has 3 rings (SSSR count). The van der Waals surface area contributed by atoms with E-state index in [-0.39, 0.29) is 17.8 Å². The molecule has 0 radical (unpaired) electrons. The number of hydrogen-bond acceptors (Lipinski definition) is 4. The molecule has 23 heavy (non-hydrogen) atoms. The number of halogens is 1. The summed E-state index contributed by atoms with van der Waals surface area (Å²) >= 11 is 1.46. The summed E-state index contributed by atoms with van der Waals surface area (Å²) in [5, 5.41) is 0.828. The number of aryl methyl sites for hydroxylation is 1. The van der Waals surface area contributed by atoms with Gasteiger partial charge in [-0.05, 0) is 43.9 Å². The normalized spacial score (nSPS) is 18.2. The van der Waals surface area contributed by atoms with Crippen LogP contribution in [-0.2, 0) is 0 Å². The highest BCUT2D eigenvalue weighted by atomic mass is 32.1. The monoisotopic (exact) mass is 333 g/mol. The summed E-state index contributed by atoms with van der Waals surface area (Å²) in [6, 6.07) is 6.27. The molecule has 2 N–H and O–H groups in total. The highest BCUT2D eigenvalue weighted by molar-refractivity contribution is 7.15. The third kappa shape index (κ3) is 3.28. The van der Waals surface area contributed by atoms with Crippen molar-refractivity contribution in [3.05, 3.63) is 40.8 Å². The molecule has 2 heterocycles. The highest BCUT2D eigenvalue weighted by Gasteiger charge is 2.30. The van der Waals surface area contributed by atoms with Gasteiger partial charge in [0.2, 0.25) is 0 Å². The van der Waals surface area contributed by atoms with Crippen molar-refractivity contribution in [2.24, 2.45) is 5.73 Å². The number of carbonyl (C=O) groups is 1. The quantitative estimate of drug-likeness (QED) is 0.938. The largest absolute Gasteiger partial charge is 0.333 e. The minimum Gasteiger partial charge on any atom is -0.333 e. The Morgan fingerprint density at radius 3 is 2.83 bits per heavy atom. The molecule has 1 saturated heterocycles. The Kier molecular flexibility index (Phi) is 4.73. The van der Waals surface area contributed by atoms with Crippen LogP contribution in [0.25, 0.3) is 10.4 Å². The second-order valence-corrected chi connectivity index (χ2v) is 7.00. The van der Waals surface area contributed by atoms with E-state index in [1.165, 1.54) is 23.5 Å². The van der Waals surface area contributed by atoms with E-state index in [2.05, 4.69) is 4.98 Å². The van der Waals surface area contributed by atoms with Crippen molar-refractivity contribution < 1.29 is 9.18 Å². The predicted molar refractivity (Wildman–Crippen MR) is 90.0 cm³/mol. The van der Waals surface area contributed by atoms with Crippen LogP contribution in [0.1, 0.15) is 34.8 Å². The number of nitrogens with two attached hydrogens (primary N) is 1. The van der Waals surface area contributed by atoms with Gasteiger partial charge in [0.15, 0.2) is 0 Å². The number of amides is 1. The van der Waals surface area contributed by atoms with Crippen LogP contribution in [0.4, 0.5) is 4.39 Å². The zero-order valence-corrected chi connectivity index (χ0v) is 13.9. The number of hydrogen-bond donors (Lipinski definition) is 1. The SMILES string of the molecule is Cc1nc(C(=O)N2CCCC[C@H]2CN)c(-c2ccc(F)cc2)s1. The molecule has 0 saturated carbocycles. The summed E-state index contributed by atoms with van der Waals surface area (Å²) in [6.07, 6.45) is 3.04. The van der Waals surface area contributed by atoms with Crippen LogP contribution >= 0.6 is 11.3 Å². The number of aromatic nitrogens is 1. The van der Waals surface area contributed by atoms with E-state index in [0.29, 0.717) is 12.2 Å². The Morgan fingerprint density at radius 2 is 2.13 bits per heavy atom. The maximum absolute atomic E-state index is 13.2. The standard InChI is InChI=1S/C17H20FN3OS/c1-11-20-15(16(23-11)12-5-7-13(18)8-6-12)17(22)21-9-3-2-4-14(21)10-19/h5-8,14H,2-4,9-10,19H2,1H3/t14-/m0/s1. The van der Waals surface area contributed by atoms with Crippen LogP contribution in [0, 0.1) is 12.7 Å². The topological polar surface area (TPSA) is 59.2 Å². The number of carbonyl (C=O) groups excluding carboxylic acids is 1. The Balaban J connectivity index is 1.96. The summed E-state index contributed by atoms with van der Waals surface area (Å²) < 4.78 is 13.2. The van der Waals surface area contributed by atoms with Gasteiger partial charge < -0.3 is 10.6 Å². The minimum absolute atomic E-state index is 0.0659. The fraction of sp³-hybridized carbons (Fsp3) is 0.412. The highest BCUT2D eigenvalue weighted by Crippen LogP contribution is 2.32. The summed E-state index contributed by atoms with van der Waals surface area (Å²) in [5.74, 6) is -0.356. The van der Waals surface area contributed by atoms with E-state index in [1.54, 1.807) is 12.1 Å². The molecule has 1 aromatic heterocycles. The van der Waals surface area contributed by atoms with Gasteiger partial charge in [0.25, 0.3) is 5.91 Å². The van der Waals surface area contributed by atoms with Crippen molar-refractivity contribution in [2.75, 3.05) is 13.1 Å². The van der Waals surface area contributed by atoms with E-state index in [9.17, 15) is 9.18 Å². The lowest BCUT2D eigenvalue weighted by Crippen LogP contribution is -2.47. The molecule has 1 aliphatic rings. The maximum Gasteiger partial charge on any atom is 0.274 e. The zero-order valence-electron chi connectivity index (χ0n) is 13.1. The number of likely N-dealkylation sites (tertiary alicyclic amines) is 1. The average molecular weight is 333 g/mol. The number of rotatable bonds is 3. The van der Waals surface area contributed by atoms with Crippen LogP contribution in [0.3, 0.4) is 0 Å². The third-order valence-electron chi connectivity index (χ3n) is 4.20. The summed E-state index contributed by atoms with van der Waals surface area (Å²) in [4.78, 5) is 20.1. The molecule has 0 spiro atoms. The molecule has 0 bridgehead atoms. The van der Waals surface area contributed by atoms with E-state index < -0.39 is 0 Å². The van der Waals surface area contributed by atoms with Gasteiger partial charge in [-0.25, -0.2) is 9.37 Å². The van der Waals surface area contributed by atoms with E-state index in [1.807, 2.05) is 11.8 Å². The van der Waals surface area contributed by atoms with Gasteiger partial charge in [-0.15, -0.1) is 11.3 Å². The third-order valence-corrected chi connectivity index (χ3v) is 5.22. The fourth-order valence-corrected chi connectivity index (χ4v) is 3.93. The summed E-state index contributed by atoms with van der Waals surface area (Å²) in [5.41, 5.74) is 7.11. The molecule has 1 aromatic carbocycles. The van der Waals surface area contributed by atoms with Gasteiger partial charge in [-0.3, -0.25) is 4.79 Å². The number of thiazole rings is 1. The molecule has 4 nitrogen and oxygen atoms in total. The Hall–Kier alpha value is -1.79. The zero-order chi connectivity index (χ0) is 16.4. The Bertz CT molecular complexity index is 698. The lowest BCUT2D eigenvalue weighted by Gasteiger charge is -2.34. The second kappa shape index (κ2) is 6.76.